The van der Waals surface area contributed by atoms with Crippen molar-refractivity contribution in [3.8, 4) is 11.4 Å². The Labute approximate surface area is 107 Å². The third kappa shape index (κ3) is 2.58. The molecular formula is C9H5BrF3N3S. The van der Waals surface area contributed by atoms with Crippen LogP contribution in [0.4, 0.5) is 13.2 Å². The SMILES string of the molecule is FC(F)(F)c1cc(Br)ccc1-c1nc(=S)[nH][nH]1. The van der Waals surface area contributed by atoms with E-state index >= 15 is 0 Å². The summed E-state index contributed by atoms with van der Waals surface area (Å²) < 4.78 is 38.9. The number of hydrogen-bond acceptors (Lipinski definition) is 2. The Morgan fingerprint density at radius 2 is 1.94 bits per heavy atom. The molecule has 1 aromatic heterocycles. The van der Waals surface area contributed by atoms with Gasteiger partial charge < -0.3 is 0 Å². The number of aromatic amines is 2. The highest BCUT2D eigenvalue weighted by atomic mass is 79.9. The van der Waals surface area contributed by atoms with Gasteiger partial charge in [0.05, 0.1) is 5.56 Å². The normalized spacial score (nSPS) is 11.8. The van der Waals surface area contributed by atoms with Gasteiger partial charge >= 0.3 is 6.18 Å². The molecule has 90 valence electrons. The standard InChI is InChI=1S/C9H5BrF3N3S/c10-4-1-2-5(6(3-4)9(11,12)13)7-14-8(17)16-15-7/h1-3H,(H2,14,15,16,17). The molecule has 0 aliphatic heterocycles. The predicted octanol–water partition coefficient (Wildman–Crippen LogP) is 3.92. The Morgan fingerprint density at radius 1 is 1.24 bits per heavy atom. The molecule has 1 heterocycles. The summed E-state index contributed by atoms with van der Waals surface area (Å²) in [7, 11) is 0. The molecule has 2 rings (SSSR count). The second-order valence-corrected chi connectivity index (χ2v) is 4.51. The first-order valence-electron chi connectivity index (χ1n) is 4.40. The van der Waals surface area contributed by atoms with Gasteiger partial charge in [0, 0.05) is 10.0 Å². The van der Waals surface area contributed by atoms with Crippen molar-refractivity contribution < 1.29 is 13.2 Å². The quantitative estimate of drug-likeness (QED) is 0.781. The maximum absolute atomic E-state index is 12.8. The van der Waals surface area contributed by atoms with Gasteiger partial charge in [0.1, 0.15) is 0 Å². The van der Waals surface area contributed by atoms with E-state index in [0.717, 1.165) is 6.07 Å². The van der Waals surface area contributed by atoms with Crippen molar-refractivity contribution >= 4 is 28.1 Å². The molecule has 0 amide bonds. The summed E-state index contributed by atoms with van der Waals surface area (Å²) in [6.07, 6.45) is -4.45. The fraction of sp³-hybridized carbons (Fsp3) is 0.111. The lowest BCUT2D eigenvalue weighted by Gasteiger charge is -2.11. The minimum atomic E-state index is -4.45. The minimum absolute atomic E-state index is 0.0481. The number of nitrogens with zero attached hydrogens (tertiary/aromatic N) is 1. The van der Waals surface area contributed by atoms with Crippen molar-refractivity contribution in [2.45, 2.75) is 6.18 Å². The van der Waals surface area contributed by atoms with Crippen LogP contribution in [0.5, 0.6) is 0 Å². The summed E-state index contributed by atoms with van der Waals surface area (Å²) in [4.78, 5) is 3.77. The summed E-state index contributed by atoms with van der Waals surface area (Å²) in [5, 5.41) is 4.96. The topological polar surface area (TPSA) is 44.5 Å². The number of halogens is 4. The highest BCUT2D eigenvalue weighted by Gasteiger charge is 2.34. The molecule has 0 saturated carbocycles. The highest BCUT2D eigenvalue weighted by Crippen LogP contribution is 2.37. The first-order valence-corrected chi connectivity index (χ1v) is 5.60. The molecule has 0 aliphatic rings. The average Bonchev–Trinajstić information content (AvgIpc) is 2.63. The summed E-state index contributed by atoms with van der Waals surface area (Å²) in [5.74, 6) is 0.0647. The first kappa shape index (κ1) is 12.3. The summed E-state index contributed by atoms with van der Waals surface area (Å²) in [6.45, 7) is 0. The maximum Gasteiger partial charge on any atom is 0.417 e. The lowest BCUT2D eigenvalue weighted by molar-refractivity contribution is -0.137. The Balaban J connectivity index is 2.65. The van der Waals surface area contributed by atoms with Crippen LogP contribution in [0.1, 0.15) is 5.56 Å². The van der Waals surface area contributed by atoms with Crippen molar-refractivity contribution in [2.75, 3.05) is 0 Å². The molecule has 2 N–H and O–H groups in total. The Kier molecular flexibility index (Phi) is 3.09. The molecule has 0 radical (unpaired) electrons. The Hall–Kier alpha value is -1.15. The zero-order valence-corrected chi connectivity index (χ0v) is 10.5. The third-order valence-electron chi connectivity index (χ3n) is 2.04. The fourth-order valence-corrected chi connectivity index (χ4v) is 1.86. The molecule has 0 bridgehead atoms. The van der Waals surface area contributed by atoms with Gasteiger partial charge in [0.15, 0.2) is 5.82 Å². The van der Waals surface area contributed by atoms with Crippen molar-refractivity contribution in [1.29, 1.82) is 0 Å². The number of H-pyrrole nitrogens is 2. The summed E-state index contributed by atoms with van der Waals surface area (Å²) in [6, 6.07) is 3.84. The van der Waals surface area contributed by atoms with E-state index in [-0.39, 0.29) is 16.2 Å². The summed E-state index contributed by atoms with van der Waals surface area (Å²) in [5.41, 5.74) is -0.822. The number of rotatable bonds is 1. The van der Waals surface area contributed by atoms with Gasteiger partial charge in [-0.05, 0) is 30.4 Å². The van der Waals surface area contributed by atoms with Crippen LogP contribution in [-0.4, -0.2) is 15.2 Å². The Morgan fingerprint density at radius 3 is 2.47 bits per heavy atom. The van der Waals surface area contributed by atoms with E-state index in [1.165, 1.54) is 12.1 Å². The van der Waals surface area contributed by atoms with Gasteiger partial charge in [-0.3, -0.25) is 10.2 Å². The van der Waals surface area contributed by atoms with E-state index in [1.807, 2.05) is 0 Å². The molecule has 3 nitrogen and oxygen atoms in total. The number of nitrogens with one attached hydrogen (secondary N) is 2. The molecule has 0 atom stereocenters. The van der Waals surface area contributed by atoms with Crippen LogP contribution >= 0.6 is 28.1 Å². The van der Waals surface area contributed by atoms with Crippen LogP contribution in [0.15, 0.2) is 22.7 Å². The molecule has 0 fully saturated rings. The molecule has 0 unspecified atom stereocenters. The summed E-state index contributed by atoms with van der Waals surface area (Å²) >= 11 is 7.71. The largest absolute Gasteiger partial charge is 0.417 e. The van der Waals surface area contributed by atoms with Crippen LogP contribution in [0.25, 0.3) is 11.4 Å². The van der Waals surface area contributed by atoms with E-state index in [9.17, 15) is 13.2 Å². The van der Waals surface area contributed by atoms with Gasteiger partial charge in [-0.15, -0.1) is 0 Å². The van der Waals surface area contributed by atoms with Crippen molar-refractivity contribution in [3.63, 3.8) is 0 Å². The van der Waals surface area contributed by atoms with Crippen LogP contribution in [0, 0.1) is 4.77 Å². The zero-order chi connectivity index (χ0) is 12.6. The van der Waals surface area contributed by atoms with Crippen molar-refractivity contribution in [1.82, 2.24) is 15.2 Å². The van der Waals surface area contributed by atoms with E-state index in [4.69, 9.17) is 12.2 Å². The van der Waals surface area contributed by atoms with Crippen LogP contribution < -0.4 is 0 Å². The number of hydrogen-bond donors (Lipinski definition) is 2. The van der Waals surface area contributed by atoms with Crippen molar-refractivity contribution in [3.05, 3.63) is 33.0 Å². The van der Waals surface area contributed by atoms with Crippen LogP contribution in [-0.2, 0) is 6.18 Å². The van der Waals surface area contributed by atoms with Crippen LogP contribution in [0.3, 0.4) is 0 Å². The molecule has 0 aliphatic carbocycles. The van der Waals surface area contributed by atoms with E-state index in [0.29, 0.717) is 4.47 Å². The second kappa shape index (κ2) is 4.26. The molecule has 0 saturated heterocycles. The van der Waals surface area contributed by atoms with Gasteiger partial charge in [0.2, 0.25) is 4.77 Å². The Bertz CT molecular complexity index is 602. The van der Waals surface area contributed by atoms with Crippen LogP contribution in [0.2, 0.25) is 0 Å². The van der Waals surface area contributed by atoms with Gasteiger partial charge in [-0.25, -0.2) is 0 Å². The molecule has 17 heavy (non-hydrogen) atoms. The molecule has 8 heteroatoms. The molecule has 2 aromatic rings. The average molecular weight is 324 g/mol. The third-order valence-corrected chi connectivity index (χ3v) is 2.73. The molecule has 0 spiro atoms. The van der Waals surface area contributed by atoms with Gasteiger partial charge in [0.25, 0.3) is 0 Å². The maximum atomic E-state index is 12.8. The minimum Gasteiger partial charge on any atom is -0.282 e. The van der Waals surface area contributed by atoms with E-state index in [1.54, 1.807) is 0 Å². The predicted molar refractivity (Wildman–Crippen MR) is 61.9 cm³/mol. The lowest BCUT2D eigenvalue weighted by Crippen LogP contribution is -2.07. The first-order chi connectivity index (χ1) is 7.88. The van der Waals surface area contributed by atoms with Gasteiger partial charge in [-0.1, -0.05) is 15.9 Å². The molecular weight excluding hydrogens is 319 g/mol. The lowest BCUT2D eigenvalue weighted by atomic mass is 10.1. The number of alkyl halides is 3. The number of benzene rings is 1. The smallest absolute Gasteiger partial charge is 0.282 e. The van der Waals surface area contributed by atoms with Crippen molar-refractivity contribution in [2.24, 2.45) is 0 Å². The van der Waals surface area contributed by atoms with E-state index in [2.05, 4.69) is 31.1 Å². The van der Waals surface area contributed by atoms with E-state index < -0.39 is 11.7 Å². The molecule has 1 aromatic carbocycles. The monoisotopic (exact) mass is 323 g/mol. The number of aromatic nitrogens is 3. The second-order valence-electron chi connectivity index (χ2n) is 3.20. The van der Waals surface area contributed by atoms with Gasteiger partial charge in [-0.2, -0.15) is 18.2 Å². The highest BCUT2D eigenvalue weighted by molar-refractivity contribution is 9.10. The zero-order valence-electron chi connectivity index (χ0n) is 8.10. The fourth-order valence-electron chi connectivity index (χ4n) is 1.36.